The van der Waals surface area contributed by atoms with Crippen molar-refractivity contribution in [2.24, 2.45) is 0 Å². The summed E-state index contributed by atoms with van der Waals surface area (Å²) in [5.41, 5.74) is 3.87. The molecule has 5 rings (SSSR count). The maximum absolute atomic E-state index is 11.5. The lowest BCUT2D eigenvalue weighted by Crippen LogP contribution is -2.65. The van der Waals surface area contributed by atoms with Crippen molar-refractivity contribution in [2.75, 3.05) is 13.2 Å². The van der Waals surface area contributed by atoms with Crippen molar-refractivity contribution in [2.45, 2.75) is 120 Å². The van der Waals surface area contributed by atoms with Gasteiger partial charge in [0.25, 0.3) is 0 Å². The molecule has 2 aromatic rings. The van der Waals surface area contributed by atoms with E-state index in [2.05, 4.69) is 6.92 Å². The second-order valence-electron chi connectivity index (χ2n) is 12.7. The van der Waals surface area contributed by atoms with E-state index in [4.69, 9.17) is 23.7 Å². The van der Waals surface area contributed by atoms with Crippen LogP contribution in [0.2, 0.25) is 0 Å². The molecule has 0 aromatic heterocycles. The summed E-state index contributed by atoms with van der Waals surface area (Å²) in [6.07, 6.45) is -11.8. The Hall–Kier alpha value is -2.36. The number of aliphatic hydroxyl groups excluding tert-OH is 7. The zero-order valence-electron chi connectivity index (χ0n) is 26.1. The Kier molecular flexibility index (Phi) is 10.4. The first-order chi connectivity index (χ1) is 21.4. The fourth-order valence-corrected chi connectivity index (χ4v) is 6.30. The van der Waals surface area contributed by atoms with Gasteiger partial charge in [-0.1, -0.05) is 43.5 Å². The van der Waals surface area contributed by atoms with Gasteiger partial charge in [0.2, 0.25) is 6.29 Å². The lowest BCUT2D eigenvalue weighted by Gasteiger charge is -2.46. The molecular weight excluding hydrogens is 588 g/mol. The molecule has 3 aliphatic heterocycles. The van der Waals surface area contributed by atoms with Gasteiger partial charge in [-0.15, -0.1) is 0 Å². The number of hydrogen-bond acceptors (Lipinski definition) is 12. The minimum absolute atomic E-state index is 0.366. The van der Waals surface area contributed by atoms with E-state index in [0.717, 1.165) is 47.9 Å². The molecule has 0 aliphatic carbocycles. The summed E-state index contributed by atoms with van der Waals surface area (Å²) in [5.74, 6) is 0.977. The lowest BCUT2D eigenvalue weighted by atomic mass is 9.84. The average Bonchev–Trinajstić information content (AvgIpc) is 3.00. The van der Waals surface area contributed by atoms with Crippen LogP contribution in [0.15, 0.2) is 30.3 Å². The number of ether oxygens (including phenoxy) is 5. The highest BCUT2D eigenvalue weighted by atomic mass is 16.7. The van der Waals surface area contributed by atoms with Crippen molar-refractivity contribution in [1.29, 1.82) is 0 Å². The highest BCUT2D eigenvalue weighted by molar-refractivity contribution is 5.82. The van der Waals surface area contributed by atoms with Crippen molar-refractivity contribution in [3.8, 4) is 22.6 Å². The number of benzene rings is 2. The molecule has 0 unspecified atom stereocenters. The van der Waals surface area contributed by atoms with E-state index in [-0.39, 0.29) is 0 Å². The van der Waals surface area contributed by atoms with Gasteiger partial charge < -0.3 is 59.4 Å². The molecule has 45 heavy (non-hydrogen) atoms. The van der Waals surface area contributed by atoms with E-state index in [1.54, 1.807) is 0 Å². The largest absolute Gasteiger partial charge is 0.482 e. The van der Waals surface area contributed by atoms with Crippen molar-refractivity contribution in [1.82, 2.24) is 0 Å². The first-order valence-corrected chi connectivity index (χ1v) is 15.6. The second-order valence-corrected chi connectivity index (χ2v) is 12.7. The van der Waals surface area contributed by atoms with Crippen LogP contribution in [0.4, 0.5) is 0 Å². The van der Waals surface area contributed by atoms with Crippen LogP contribution in [0, 0.1) is 6.92 Å². The summed E-state index contributed by atoms with van der Waals surface area (Å²) < 4.78 is 30.0. The van der Waals surface area contributed by atoms with Crippen LogP contribution >= 0.6 is 0 Å². The molecule has 3 heterocycles. The summed E-state index contributed by atoms with van der Waals surface area (Å²) in [4.78, 5) is 0. The Morgan fingerprint density at radius 3 is 2.18 bits per heavy atom. The predicted octanol–water partition coefficient (Wildman–Crippen LogP) is 1.03. The van der Waals surface area contributed by atoms with Crippen LogP contribution in [-0.4, -0.2) is 110 Å². The fourth-order valence-electron chi connectivity index (χ4n) is 6.30. The predicted molar refractivity (Wildman–Crippen MR) is 161 cm³/mol. The average molecular weight is 635 g/mol. The molecule has 2 saturated heterocycles. The Morgan fingerprint density at radius 2 is 1.49 bits per heavy atom. The van der Waals surface area contributed by atoms with Gasteiger partial charge in [-0.05, 0) is 56.9 Å². The van der Waals surface area contributed by atoms with E-state index in [1.165, 1.54) is 0 Å². The number of aryl methyl sites for hydroxylation is 2. The van der Waals surface area contributed by atoms with Crippen molar-refractivity contribution < 1.29 is 59.4 Å². The minimum Gasteiger partial charge on any atom is -0.482 e. The Bertz CT molecular complexity index is 1310. The number of unbranched alkanes of at least 4 members (excludes halogenated alkanes) is 2. The van der Waals surface area contributed by atoms with Gasteiger partial charge in [0.05, 0.1) is 18.8 Å². The molecule has 2 aromatic carbocycles. The van der Waals surface area contributed by atoms with Gasteiger partial charge in [0, 0.05) is 5.56 Å². The zero-order chi connectivity index (χ0) is 32.6. The number of fused-ring (bicyclic) bond motifs is 3. The number of rotatable bonds is 10. The molecule has 0 saturated carbocycles. The monoisotopic (exact) mass is 634 g/mol. The third-order valence-electron chi connectivity index (χ3n) is 8.86. The van der Waals surface area contributed by atoms with E-state index in [9.17, 15) is 35.7 Å². The summed E-state index contributed by atoms with van der Waals surface area (Å²) >= 11 is 0. The third kappa shape index (κ3) is 6.72. The van der Waals surface area contributed by atoms with Gasteiger partial charge in [-0.3, -0.25) is 0 Å². The highest BCUT2D eigenvalue weighted by Gasteiger charge is 2.51. The molecular formula is C33H46O12. The minimum atomic E-state index is -1.77. The van der Waals surface area contributed by atoms with Crippen molar-refractivity contribution in [3.05, 3.63) is 47.0 Å². The van der Waals surface area contributed by atoms with Gasteiger partial charge >= 0.3 is 0 Å². The van der Waals surface area contributed by atoms with Gasteiger partial charge in [0.1, 0.15) is 65.9 Å². The third-order valence-corrected chi connectivity index (χ3v) is 8.86. The van der Waals surface area contributed by atoms with Crippen LogP contribution in [0.1, 0.15) is 56.7 Å². The van der Waals surface area contributed by atoms with Crippen LogP contribution in [0.3, 0.4) is 0 Å². The van der Waals surface area contributed by atoms with E-state index in [0.29, 0.717) is 17.1 Å². The highest BCUT2D eigenvalue weighted by Crippen LogP contribution is 2.51. The molecule has 3 aliphatic rings. The molecule has 0 spiro atoms. The van der Waals surface area contributed by atoms with Crippen LogP contribution in [0.5, 0.6) is 11.5 Å². The first kappa shape index (κ1) is 34.0. The summed E-state index contributed by atoms with van der Waals surface area (Å²) in [7, 11) is 0. The smallest absolute Gasteiger partial charge is 0.229 e. The molecule has 12 heteroatoms. The van der Waals surface area contributed by atoms with Crippen molar-refractivity contribution >= 4 is 0 Å². The molecule has 12 nitrogen and oxygen atoms in total. The van der Waals surface area contributed by atoms with Crippen molar-refractivity contribution in [3.63, 3.8) is 0 Å². The van der Waals surface area contributed by atoms with Gasteiger partial charge in [0.15, 0.2) is 6.29 Å². The molecule has 0 bridgehead atoms. The number of aliphatic hydroxyl groups is 7. The Labute approximate surface area is 262 Å². The standard InChI is InChI=1S/C33H46O12/c1-5-6-7-8-17-12-20(24-18-11-16(2)9-10-19(18)33(3,4)45-21(24)13-17)41-32-29(40)30(26(37)23(15-35)43-32)44-31-28(39)27(38)25(36)22(14-34)42-31/h9-13,22-23,25-32,34-40H,5-8,14-15H2,1-4H3/t22-,23-,25-,26-,27+,28-,29-,30+,31+,32-/m1/s1. The van der Waals surface area contributed by atoms with E-state index >= 15 is 0 Å². The molecule has 2 fully saturated rings. The van der Waals surface area contributed by atoms with Crippen LogP contribution < -0.4 is 9.47 Å². The van der Waals surface area contributed by atoms with Crippen LogP contribution in [0.25, 0.3) is 11.1 Å². The van der Waals surface area contributed by atoms with Gasteiger partial charge in [-0.25, -0.2) is 0 Å². The summed E-state index contributed by atoms with van der Waals surface area (Å²) in [5, 5.41) is 73.0. The second kappa shape index (κ2) is 13.8. The quantitative estimate of drug-likeness (QED) is 0.184. The summed E-state index contributed by atoms with van der Waals surface area (Å²) in [6.45, 7) is 6.77. The molecule has 0 amide bonds. The number of hydrogen-bond donors (Lipinski definition) is 7. The normalized spacial score (nSPS) is 34.0. The topological polar surface area (TPSA) is 188 Å². The Morgan fingerprint density at radius 1 is 0.800 bits per heavy atom. The SMILES string of the molecule is CCCCCc1cc(O[C@@H]2O[C@H](CO)[C@@H](O)[C@H](O[C@@H]3O[C@H](CO)[C@@H](O)[C@H](O)[C@H]3O)[C@H]2O)c2c(c1)OC(C)(C)c1ccc(C)cc1-2. The first-order valence-electron chi connectivity index (χ1n) is 15.6. The lowest BCUT2D eigenvalue weighted by molar-refractivity contribution is -0.352. The fraction of sp³-hybridized carbons (Fsp3) is 0.636. The molecule has 250 valence electrons. The van der Waals surface area contributed by atoms with E-state index in [1.807, 2.05) is 51.1 Å². The van der Waals surface area contributed by atoms with Crippen LogP contribution in [-0.2, 0) is 26.2 Å². The zero-order valence-corrected chi connectivity index (χ0v) is 26.1. The summed E-state index contributed by atoms with van der Waals surface area (Å²) in [6, 6.07) is 9.96. The molecule has 7 N–H and O–H groups in total. The molecule has 0 radical (unpaired) electrons. The maximum atomic E-state index is 11.5. The Balaban J connectivity index is 1.50. The van der Waals surface area contributed by atoms with Gasteiger partial charge in [-0.2, -0.15) is 0 Å². The maximum Gasteiger partial charge on any atom is 0.229 e. The molecule has 10 atom stereocenters. The van der Waals surface area contributed by atoms with E-state index < -0.39 is 80.2 Å².